The molecule has 0 unspecified atom stereocenters. The third-order valence-corrected chi connectivity index (χ3v) is 2.24. The van der Waals surface area contributed by atoms with Gasteiger partial charge >= 0.3 is 0 Å². The molecule has 0 aliphatic carbocycles. The third-order valence-electron chi connectivity index (χ3n) is 2.24. The van der Waals surface area contributed by atoms with Crippen LogP contribution >= 0.6 is 0 Å². The van der Waals surface area contributed by atoms with Crippen molar-refractivity contribution in [2.24, 2.45) is 0 Å². The largest absolute Gasteiger partial charge is 0.214 e. The van der Waals surface area contributed by atoms with Gasteiger partial charge in [-0.25, -0.2) is 12.1 Å². The first-order valence-corrected chi connectivity index (χ1v) is 6.20. The minimum Gasteiger partial charge on any atom is -0.214 e. The Balaban J connectivity index is 0.000000268. The van der Waals surface area contributed by atoms with E-state index in [0.717, 1.165) is 11.1 Å². The second-order valence-electron chi connectivity index (χ2n) is 3.93. The van der Waals surface area contributed by atoms with Gasteiger partial charge in [-0.05, 0) is 0 Å². The summed E-state index contributed by atoms with van der Waals surface area (Å²) in [5.41, 5.74) is 2.14. The molecule has 0 saturated carbocycles. The minimum atomic E-state index is 0. The Kier molecular flexibility index (Phi) is 11.4. The van der Waals surface area contributed by atoms with Crippen LogP contribution in [0.15, 0.2) is 91.0 Å². The standard InChI is InChI=1S/2C7H7.C5H5.Hf/c2*1-7-5-3-2-4-6-7;1-2-4-5-3-1;/h2*2-6H,1H2;1-5H;/q3*-1;. The molecule has 1 heteroatoms. The molecular formula is C19H19Hf-3. The predicted octanol–water partition coefficient (Wildman–Crippen LogP) is 5.14. The van der Waals surface area contributed by atoms with Gasteiger partial charge in [0.15, 0.2) is 0 Å². The Hall–Kier alpha value is -1.60. The van der Waals surface area contributed by atoms with Crippen molar-refractivity contribution < 1.29 is 25.8 Å². The van der Waals surface area contributed by atoms with Crippen molar-refractivity contribution in [2.75, 3.05) is 0 Å². The molecule has 0 N–H and O–H groups in total. The molecule has 0 fully saturated rings. The summed E-state index contributed by atoms with van der Waals surface area (Å²) in [4.78, 5) is 0. The van der Waals surface area contributed by atoms with E-state index in [-0.39, 0.29) is 25.8 Å². The van der Waals surface area contributed by atoms with Gasteiger partial charge in [-0.15, -0.1) is 24.3 Å². The van der Waals surface area contributed by atoms with Crippen LogP contribution < -0.4 is 0 Å². The van der Waals surface area contributed by atoms with Crippen molar-refractivity contribution in [2.45, 2.75) is 0 Å². The van der Waals surface area contributed by atoms with E-state index < -0.39 is 0 Å². The molecule has 3 aromatic carbocycles. The van der Waals surface area contributed by atoms with Gasteiger partial charge in [0, 0.05) is 25.8 Å². The monoisotopic (exact) mass is 427 g/mol. The average Bonchev–Trinajstić information content (AvgIpc) is 3.00. The molecular weight excluding hydrogens is 407 g/mol. The van der Waals surface area contributed by atoms with Crippen LogP contribution in [0.3, 0.4) is 0 Å². The van der Waals surface area contributed by atoms with E-state index in [0.29, 0.717) is 0 Å². The number of hydrogen-bond donors (Lipinski definition) is 0. The zero-order chi connectivity index (χ0) is 13.8. The van der Waals surface area contributed by atoms with E-state index in [9.17, 15) is 0 Å². The molecule has 0 heterocycles. The summed E-state index contributed by atoms with van der Waals surface area (Å²) in [6.07, 6.45) is 0. The van der Waals surface area contributed by atoms with E-state index in [1.54, 1.807) is 0 Å². The second kappa shape index (κ2) is 12.4. The van der Waals surface area contributed by atoms with Gasteiger partial charge in [0.25, 0.3) is 0 Å². The van der Waals surface area contributed by atoms with E-state index >= 15 is 0 Å². The van der Waals surface area contributed by atoms with Crippen LogP contribution in [-0.2, 0) is 25.8 Å². The SMILES string of the molecule is [CH2-]c1ccccc1.[CH2-]c1ccccc1.[Hf].c1cc[cH-]c1. The van der Waals surface area contributed by atoms with Crippen molar-refractivity contribution >= 4 is 0 Å². The molecule has 0 saturated heterocycles. The normalized spacial score (nSPS) is 8.00. The maximum absolute atomic E-state index is 3.72. The fourth-order valence-electron chi connectivity index (χ4n) is 1.28. The summed E-state index contributed by atoms with van der Waals surface area (Å²) < 4.78 is 0. The van der Waals surface area contributed by atoms with E-state index in [2.05, 4.69) is 13.8 Å². The van der Waals surface area contributed by atoms with Crippen LogP contribution in [0.2, 0.25) is 0 Å². The van der Waals surface area contributed by atoms with Crippen molar-refractivity contribution in [3.8, 4) is 0 Å². The van der Waals surface area contributed by atoms with E-state index in [1.807, 2.05) is 91.0 Å². The van der Waals surface area contributed by atoms with Crippen molar-refractivity contribution in [1.29, 1.82) is 0 Å². The summed E-state index contributed by atoms with van der Waals surface area (Å²) in [6, 6.07) is 29.7. The maximum atomic E-state index is 3.72. The number of benzene rings is 2. The number of hydrogen-bond acceptors (Lipinski definition) is 0. The zero-order valence-corrected chi connectivity index (χ0v) is 15.2. The van der Waals surface area contributed by atoms with Gasteiger partial charge in [0.05, 0.1) is 0 Å². The minimum absolute atomic E-state index is 0. The van der Waals surface area contributed by atoms with Gasteiger partial charge in [0.2, 0.25) is 0 Å². The van der Waals surface area contributed by atoms with Gasteiger partial charge in [-0.2, -0.15) is 67.4 Å². The molecule has 0 spiro atoms. The Morgan fingerprint density at radius 3 is 1.05 bits per heavy atom. The molecule has 0 radical (unpaired) electrons. The van der Waals surface area contributed by atoms with Crippen molar-refractivity contribution in [3.05, 3.63) is 116 Å². The first-order chi connectivity index (χ1) is 9.29. The average molecular weight is 426 g/mol. The van der Waals surface area contributed by atoms with Crippen molar-refractivity contribution in [3.63, 3.8) is 0 Å². The molecule has 3 aromatic rings. The van der Waals surface area contributed by atoms with Gasteiger partial charge in [-0.3, -0.25) is 0 Å². The zero-order valence-electron chi connectivity index (χ0n) is 11.6. The Labute approximate surface area is 141 Å². The Bertz CT molecular complexity index is 443. The van der Waals surface area contributed by atoms with Crippen LogP contribution in [0.4, 0.5) is 0 Å². The van der Waals surface area contributed by atoms with Crippen LogP contribution in [0, 0.1) is 13.8 Å². The first-order valence-electron chi connectivity index (χ1n) is 6.20. The summed E-state index contributed by atoms with van der Waals surface area (Å²) in [6.45, 7) is 7.44. The van der Waals surface area contributed by atoms with E-state index in [4.69, 9.17) is 0 Å². The second-order valence-corrected chi connectivity index (χ2v) is 3.93. The molecule has 0 bridgehead atoms. The van der Waals surface area contributed by atoms with Crippen molar-refractivity contribution in [1.82, 2.24) is 0 Å². The molecule has 0 aliphatic heterocycles. The maximum Gasteiger partial charge on any atom is 0 e. The van der Waals surface area contributed by atoms with E-state index in [1.165, 1.54) is 0 Å². The van der Waals surface area contributed by atoms with Gasteiger partial charge in [-0.1, -0.05) is 12.1 Å². The fourth-order valence-corrected chi connectivity index (χ4v) is 1.28. The molecule has 0 atom stereocenters. The summed E-state index contributed by atoms with van der Waals surface area (Å²) in [5, 5.41) is 0. The van der Waals surface area contributed by atoms with Gasteiger partial charge < -0.3 is 0 Å². The Morgan fingerprint density at radius 1 is 0.550 bits per heavy atom. The molecule has 0 aromatic heterocycles. The van der Waals surface area contributed by atoms with Crippen LogP contribution in [0.25, 0.3) is 0 Å². The molecule has 20 heavy (non-hydrogen) atoms. The molecule has 0 nitrogen and oxygen atoms in total. The quantitative estimate of drug-likeness (QED) is 0.345. The topological polar surface area (TPSA) is 0 Å². The van der Waals surface area contributed by atoms with Crippen LogP contribution in [-0.4, -0.2) is 0 Å². The molecule has 102 valence electrons. The third kappa shape index (κ3) is 10.3. The molecule has 0 amide bonds. The fraction of sp³-hybridized carbons (Fsp3) is 0. The smallest absolute Gasteiger partial charge is 0 e. The summed E-state index contributed by atoms with van der Waals surface area (Å²) in [5.74, 6) is 0. The molecule has 0 aliphatic rings. The first kappa shape index (κ1) is 18.4. The van der Waals surface area contributed by atoms with Gasteiger partial charge in [0.1, 0.15) is 0 Å². The van der Waals surface area contributed by atoms with Crippen LogP contribution in [0.1, 0.15) is 11.1 Å². The molecule has 3 rings (SSSR count). The number of rotatable bonds is 0. The predicted molar refractivity (Wildman–Crippen MR) is 83.8 cm³/mol. The Morgan fingerprint density at radius 2 is 0.900 bits per heavy atom. The van der Waals surface area contributed by atoms with Crippen LogP contribution in [0.5, 0.6) is 0 Å². The summed E-state index contributed by atoms with van der Waals surface area (Å²) in [7, 11) is 0. The summed E-state index contributed by atoms with van der Waals surface area (Å²) >= 11 is 0.